The van der Waals surface area contributed by atoms with Crippen molar-refractivity contribution in [3.8, 4) is 16.9 Å². The minimum Gasteiger partial charge on any atom is -0.493 e. The average Bonchev–Trinajstić information content (AvgIpc) is 3.34. The number of benzene rings is 3. The third kappa shape index (κ3) is 4.84. The standard InChI is InChI=1S/C25H19BrCl2N4O3S/c1-15-2-8-19(12-23(15)32-14-25(33)30-36(32,34)35)31-13-22(20-9-7-18(27)11-21(20)28)29-24(31)10-16-3-5-17(26)6-4-16/h2-9,11-14,30,33H,10H2,1H3. The van der Waals surface area contributed by atoms with E-state index in [1.165, 1.54) is 0 Å². The van der Waals surface area contributed by atoms with E-state index in [9.17, 15) is 13.5 Å². The van der Waals surface area contributed by atoms with E-state index >= 15 is 0 Å². The minimum atomic E-state index is -3.94. The smallest absolute Gasteiger partial charge is 0.330 e. The number of halogens is 3. The predicted octanol–water partition coefficient (Wildman–Crippen LogP) is 6.52. The van der Waals surface area contributed by atoms with Crippen molar-refractivity contribution < 1.29 is 13.5 Å². The molecule has 5 rings (SSSR count). The largest absolute Gasteiger partial charge is 0.493 e. The van der Waals surface area contributed by atoms with Crippen molar-refractivity contribution in [2.45, 2.75) is 13.3 Å². The summed E-state index contributed by atoms with van der Waals surface area (Å²) in [6.45, 7) is 1.80. The molecule has 1 aliphatic rings. The number of imidazole rings is 1. The molecule has 2 N–H and O–H groups in total. The van der Waals surface area contributed by atoms with Crippen LogP contribution in [0, 0.1) is 6.92 Å². The monoisotopic (exact) mass is 604 g/mol. The van der Waals surface area contributed by atoms with Gasteiger partial charge in [-0.3, -0.25) is 0 Å². The average molecular weight is 606 g/mol. The van der Waals surface area contributed by atoms with Crippen molar-refractivity contribution in [2.75, 3.05) is 4.31 Å². The number of aryl methyl sites for hydroxylation is 1. The maximum Gasteiger partial charge on any atom is 0.330 e. The summed E-state index contributed by atoms with van der Waals surface area (Å²) >= 11 is 16.0. The Morgan fingerprint density at radius 2 is 1.81 bits per heavy atom. The van der Waals surface area contributed by atoms with Gasteiger partial charge in [0.15, 0.2) is 0 Å². The molecule has 0 amide bonds. The van der Waals surface area contributed by atoms with Gasteiger partial charge in [-0.15, -0.1) is 0 Å². The van der Waals surface area contributed by atoms with Crippen LogP contribution >= 0.6 is 39.1 Å². The second-order valence-electron chi connectivity index (χ2n) is 8.23. The number of rotatable bonds is 5. The van der Waals surface area contributed by atoms with Gasteiger partial charge in [0.25, 0.3) is 0 Å². The molecule has 2 heterocycles. The fraction of sp³-hybridized carbons (Fsp3) is 0.0800. The lowest BCUT2D eigenvalue weighted by Gasteiger charge is -2.18. The van der Waals surface area contributed by atoms with Crippen LogP contribution in [0.15, 0.2) is 83.4 Å². The van der Waals surface area contributed by atoms with E-state index in [1.807, 2.05) is 53.2 Å². The molecule has 7 nitrogen and oxygen atoms in total. The number of aliphatic hydroxyl groups excluding tert-OH is 1. The summed E-state index contributed by atoms with van der Waals surface area (Å²) in [4.78, 5) is 4.88. The summed E-state index contributed by atoms with van der Waals surface area (Å²) in [7, 11) is -3.94. The maximum atomic E-state index is 12.5. The molecule has 11 heteroatoms. The number of hydrogen-bond acceptors (Lipinski definition) is 4. The zero-order valence-corrected chi connectivity index (χ0v) is 22.7. The molecule has 0 unspecified atom stereocenters. The molecule has 0 radical (unpaired) electrons. The Kier molecular flexibility index (Phi) is 6.50. The van der Waals surface area contributed by atoms with Gasteiger partial charge in [0.1, 0.15) is 5.82 Å². The molecule has 1 aliphatic heterocycles. The molecule has 0 spiro atoms. The zero-order chi connectivity index (χ0) is 25.6. The molecule has 36 heavy (non-hydrogen) atoms. The summed E-state index contributed by atoms with van der Waals surface area (Å²) in [5, 5.41) is 10.8. The third-order valence-electron chi connectivity index (χ3n) is 5.70. The van der Waals surface area contributed by atoms with E-state index in [0.717, 1.165) is 31.9 Å². The number of hydrogen-bond donors (Lipinski definition) is 2. The van der Waals surface area contributed by atoms with Gasteiger partial charge in [0.2, 0.25) is 5.88 Å². The topological polar surface area (TPSA) is 87.5 Å². The van der Waals surface area contributed by atoms with Gasteiger partial charge < -0.3 is 9.67 Å². The molecule has 0 bridgehead atoms. The quantitative estimate of drug-likeness (QED) is 0.271. The Balaban J connectivity index is 1.65. The van der Waals surface area contributed by atoms with Gasteiger partial charge in [0, 0.05) is 33.4 Å². The number of nitrogens with zero attached hydrogens (tertiary/aromatic N) is 3. The molecule has 3 aromatic carbocycles. The first-order chi connectivity index (χ1) is 17.1. The highest BCUT2D eigenvalue weighted by Crippen LogP contribution is 2.33. The Morgan fingerprint density at radius 3 is 2.47 bits per heavy atom. The lowest BCUT2D eigenvalue weighted by atomic mass is 10.1. The first-order valence-electron chi connectivity index (χ1n) is 10.7. The van der Waals surface area contributed by atoms with Gasteiger partial charge in [-0.1, -0.05) is 57.3 Å². The van der Waals surface area contributed by atoms with Crippen LogP contribution in [0.5, 0.6) is 0 Å². The predicted molar refractivity (Wildman–Crippen MR) is 146 cm³/mol. The SMILES string of the molecule is Cc1ccc(-n2cc(-c3ccc(Cl)cc3Cl)nc2Cc2ccc(Br)cc2)cc1N1C=C(O)NS1(=O)=O. The molecular formula is C25H19BrCl2N4O3S. The van der Waals surface area contributed by atoms with Crippen LogP contribution < -0.4 is 9.03 Å². The van der Waals surface area contributed by atoms with Gasteiger partial charge in [-0.25, -0.2) is 14.0 Å². The Morgan fingerprint density at radius 1 is 1.06 bits per heavy atom. The molecule has 184 valence electrons. The van der Waals surface area contributed by atoms with E-state index < -0.39 is 16.1 Å². The van der Waals surface area contributed by atoms with E-state index in [-0.39, 0.29) is 0 Å². The summed E-state index contributed by atoms with van der Waals surface area (Å²) in [5.74, 6) is 0.284. The number of nitrogens with one attached hydrogen (secondary N) is 1. The minimum absolute atomic E-state index is 0.401. The fourth-order valence-corrected chi connectivity index (χ4v) is 5.83. The summed E-state index contributed by atoms with van der Waals surface area (Å²) < 4.78 is 31.0. The normalized spacial score (nSPS) is 14.6. The van der Waals surface area contributed by atoms with Crippen LogP contribution in [0.4, 0.5) is 5.69 Å². The van der Waals surface area contributed by atoms with Crippen LogP contribution in [-0.2, 0) is 16.6 Å². The highest BCUT2D eigenvalue weighted by molar-refractivity contribution is 9.10. The highest BCUT2D eigenvalue weighted by atomic mass is 79.9. The van der Waals surface area contributed by atoms with E-state index in [2.05, 4.69) is 20.7 Å². The third-order valence-corrected chi connectivity index (χ3v) is 8.07. The van der Waals surface area contributed by atoms with E-state index in [0.29, 0.717) is 39.1 Å². The van der Waals surface area contributed by atoms with Crippen molar-refractivity contribution in [1.29, 1.82) is 0 Å². The Labute approximate surface area is 226 Å². The molecule has 0 atom stereocenters. The molecular weight excluding hydrogens is 587 g/mol. The van der Waals surface area contributed by atoms with Crippen LogP contribution in [0.2, 0.25) is 10.0 Å². The zero-order valence-electron chi connectivity index (χ0n) is 18.8. The van der Waals surface area contributed by atoms with Crippen molar-refractivity contribution in [3.05, 3.63) is 110 Å². The Bertz CT molecular complexity index is 1620. The van der Waals surface area contributed by atoms with Crippen LogP contribution in [0.3, 0.4) is 0 Å². The Hall–Kier alpha value is -2.98. The lowest BCUT2D eigenvalue weighted by Crippen LogP contribution is -2.30. The molecule has 0 fully saturated rings. The molecule has 1 aromatic heterocycles. The molecule has 0 saturated heterocycles. The van der Waals surface area contributed by atoms with E-state index in [1.54, 1.807) is 25.1 Å². The molecule has 0 aliphatic carbocycles. The number of anilines is 1. The van der Waals surface area contributed by atoms with Gasteiger partial charge in [0.05, 0.1) is 22.6 Å². The number of aromatic nitrogens is 2. The summed E-state index contributed by atoms with van der Waals surface area (Å²) in [6, 6.07) is 18.6. The lowest BCUT2D eigenvalue weighted by molar-refractivity contribution is 0.392. The second kappa shape index (κ2) is 9.48. The first kappa shape index (κ1) is 24.7. The van der Waals surface area contributed by atoms with Gasteiger partial charge in [-0.05, 0) is 60.5 Å². The molecule has 4 aromatic rings. The van der Waals surface area contributed by atoms with Crippen LogP contribution in [-0.4, -0.2) is 23.1 Å². The summed E-state index contributed by atoms with van der Waals surface area (Å²) in [6.07, 6.45) is 3.52. The fourth-order valence-electron chi connectivity index (χ4n) is 3.95. The van der Waals surface area contributed by atoms with Crippen LogP contribution in [0.1, 0.15) is 17.0 Å². The second-order valence-corrected chi connectivity index (χ2v) is 11.5. The molecule has 0 saturated carbocycles. The maximum absolute atomic E-state index is 12.5. The van der Waals surface area contributed by atoms with E-state index in [4.69, 9.17) is 28.2 Å². The van der Waals surface area contributed by atoms with Crippen molar-refractivity contribution in [3.63, 3.8) is 0 Å². The summed E-state index contributed by atoms with van der Waals surface area (Å²) in [5.41, 5.74) is 4.23. The van der Waals surface area contributed by atoms with Crippen LogP contribution in [0.25, 0.3) is 16.9 Å². The first-order valence-corrected chi connectivity index (χ1v) is 13.7. The van der Waals surface area contributed by atoms with Crippen molar-refractivity contribution in [2.24, 2.45) is 0 Å². The van der Waals surface area contributed by atoms with Crippen molar-refractivity contribution >= 4 is 55.0 Å². The number of aliphatic hydroxyl groups is 1. The van der Waals surface area contributed by atoms with Gasteiger partial charge >= 0.3 is 10.2 Å². The van der Waals surface area contributed by atoms with Crippen molar-refractivity contribution in [1.82, 2.24) is 14.3 Å². The highest BCUT2D eigenvalue weighted by Gasteiger charge is 2.30. The van der Waals surface area contributed by atoms with Gasteiger partial charge in [-0.2, -0.15) is 8.42 Å².